The van der Waals surface area contributed by atoms with Gasteiger partial charge in [0.05, 0.1) is 11.7 Å². The molecule has 2 amide bonds. The fourth-order valence-electron chi connectivity index (χ4n) is 3.41. The average Bonchev–Trinajstić information content (AvgIpc) is 2.68. The second-order valence-electron chi connectivity index (χ2n) is 6.79. The van der Waals surface area contributed by atoms with Gasteiger partial charge in [-0.3, -0.25) is 9.59 Å². The number of benzene rings is 2. The van der Waals surface area contributed by atoms with Crippen LogP contribution in [0.1, 0.15) is 36.4 Å². The van der Waals surface area contributed by atoms with Gasteiger partial charge in [0.1, 0.15) is 5.71 Å². The maximum absolute atomic E-state index is 12.8. The minimum absolute atomic E-state index is 0.0114. The molecule has 27 heavy (non-hydrogen) atoms. The maximum atomic E-state index is 12.8. The highest BCUT2D eigenvalue weighted by Crippen LogP contribution is 2.35. The number of rotatable bonds is 3. The van der Waals surface area contributed by atoms with Crippen molar-refractivity contribution in [2.24, 2.45) is 5.10 Å². The zero-order valence-electron chi connectivity index (χ0n) is 15.1. The smallest absolute Gasteiger partial charge is 0.267 e. The molecule has 1 atom stereocenters. The van der Waals surface area contributed by atoms with E-state index in [1.165, 1.54) is 9.90 Å². The first-order valence-corrected chi connectivity index (χ1v) is 10.1. The summed E-state index contributed by atoms with van der Waals surface area (Å²) in [4.78, 5) is 26.4. The van der Waals surface area contributed by atoms with E-state index in [4.69, 9.17) is 0 Å². The van der Waals surface area contributed by atoms with Gasteiger partial charge in [-0.05, 0) is 42.7 Å². The minimum atomic E-state index is -0.188. The Morgan fingerprint density at radius 1 is 1.19 bits per heavy atom. The summed E-state index contributed by atoms with van der Waals surface area (Å²) in [6.07, 6.45) is 1.55. The zero-order chi connectivity index (χ0) is 18.8. The molecule has 138 valence electrons. The second-order valence-corrected chi connectivity index (χ2v) is 7.93. The van der Waals surface area contributed by atoms with Gasteiger partial charge in [-0.25, -0.2) is 5.01 Å². The molecule has 0 saturated carbocycles. The van der Waals surface area contributed by atoms with Gasteiger partial charge in [-0.15, -0.1) is 11.8 Å². The van der Waals surface area contributed by atoms with Crippen LogP contribution < -0.4 is 10.3 Å². The van der Waals surface area contributed by atoms with Crippen molar-refractivity contribution in [2.75, 3.05) is 10.8 Å². The molecule has 1 N–H and O–H groups in total. The molecule has 0 bridgehead atoms. The van der Waals surface area contributed by atoms with Gasteiger partial charge in [0.15, 0.2) is 0 Å². The van der Waals surface area contributed by atoms with Crippen molar-refractivity contribution < 1.29 is 9.59 Å². The number of nitrogens with zero attached hydrogens (tertiary/aromatic N) is 2. The first-order chi connectivity index (χ1) is 13.1. The van der Waals surface area contributed by atoms with Gasteiger partial charge in [0, 0.05) is 23.5 Å². The van der Waals surface area contributed by atoms with E-state index in [0.717, 1.165) is 23.3 Å². The lowest BCUT2D eigenvalue weighted by Gasteiger charge is -2.27. The number of anilines is 1. The molecule has 0 fully saturated rings. The van der Waals surface area contributed by atoms with E-state index < -0.39 is 0 Å². The van der Waals surface area contributed by atoms with E-state index in [1.807, 2.05) is 55.1 Å². The van der Waals surface area contributed by atoms with Crippen molar-refractivity contribution in [2.45, 2.75) is 37.1 Å². The third-order valence-corrected chi connectivity index (χ3v) is 5.93. The molecule has 2 aliphatic heterocycles. The predicted molar refractivity (Wildman–Crippen MR) is 108 cm³/mol. The molecule has 6 heteroatoms. The fraction of sp³-hybridized carbons (Fsp3) is 0.286. The SMILES string of the molecule is Cc1cccc(N2N=C(C(=O)N[C@@H]3CCSc4ccccc43)CCC2=O)c1. The molecule has 2 heterocycles. The first kappa shape index (κ1) is 17.8. The van der Waals surface area contributed by atoms with Crippen LogP contribution in [0.2, 0.25) is 0 Å². The molecule has 0 aliphatic carbocycles. The van der Waals surface area contributed by atoms with Crippen LogP contribution in [0.5, 0.6) is 0 Å². The molecular formula is C21H21N3O2S. The third-order valence-electron chi connectivity index (χ3n) is 4.80. The number of fused-ring (bicyclic) bond motifs is 1. The normalized spacial score (nSPS) is 19.3. The van der Waals surface area contributed by atoms with Crippen LogP contribution in [0.25, 0.3) is 0 Å². The Hall–Kier alpha value is -2.60. The lowest BCUT2D eigenvalue weighted by Crippen LogP contribution is -2.41. The summed E-state index contributed by atoms with van der Waals surface area (Å²) in [7, 11) is 0. The summed E-state index contributed by atoms with van der Waals surface area (Å²) >= 11 is 1.82. The standard InChI is InChI=1S/C21H21N3O2S/c1-14-5-4-6-15(13-14)24-20(25)10-9-18(23-24)21(26)22-17-11-12-27-19-8-3-2-7-16(17)19/h2-8,13,17H,9-12H2,1H3,(H,22,26)/t17-/m1/s1. The van der Waals surface area contributed by atoms with Gasteiger partial charge in [-0.2, -0.15) is 5.10 Å². The first-order valence-electron chi connectivity index (χ1n) is 9.11. The van der Waals surface area contributed by atoms with Gasteiger partial charge in [0.2, 0.25) is 5.91 Å². The van der Waals surface area contributed by atoms with E-state index in [-0.39, 0.29) is 24.3 Å². The number of carbonyl (C=O) groups is 2. The fourth-order valence-corrected chi connectivity index (χ4v) is 4.54. The van der Waals surface area contributed by atoms with Gasteiger partial charge in [0.25, 0.3) is 5.91 Å². The summed E-state index contributed by atoms with van der Waals surface area (Å²) in [6.45, 7) is 1.97. The number of thioether (sulfide) groups is 1. The molecule has 0 unspecified atom stereocenters. The molecule has 2 aromatic rings. The van der Waals surface area contributed by atoms with Crippen LogP contribution in [-0.4, -0.2) is 23.3 Å². The summed E-state index contributed by atoms with van der Waals surface area (Å²) < 4.78 is 0. The topological polar surface area (TPSA) is 61.8 Å². The van der Waals surface area contributed by atoms with Gasteiger partial charge >= 0.3 is 0 Å². The van der Waals surface area contributed by atoms with E-state index in [9.17, 15) is 9.59 Å². The summed E-state index contributed by atoms with van der Waals surface area (Å²) in [5.41, 5.74) is 3.31. The van der Waals surface area contributed by atoms with Crippen molar-refractivity contribution in [3.05, 3.63) is 59.7 Å². The average molecular weight is 379 g/mol. The number of amides is 2. The molecule has 0 saturated heterocycles. The molecule has 4 rings (SSSR count). The number of hydrazone groups is 1. The lowest BCUT2D eigenvalue weighted by atomic mass is 10.0. The highest BCUT2D eigenvalue weighted by atomic mass is 32.2. The van der Waals surface area contributed by atoms with Crippen LogP contribution in [0.3, 0.4) is 0 Å². The van der Waals surface area contributed by atoms with Crippen LogP contribution in [0.4, 0.5) is 5.69 Å². The monoisotopic (exact) mass is 379 g/mol. The Morgan fingerprint density at radius 3 is 2.89 bits per heavy atom. The largest absolute Gasteiger partial charge is 0.344 e. The van der Waals surface area contributed by atoms with Crippen molar-refractivity contribution in [1.82, 2.24) is 5.32 Å². The van der Waals surface area contributed by atoms with Crippen LogP contribution in [-0.2, 0) is 9.59 Å². The molecule has 2 aliphatic rings. The number of carbonyl (C=O) groups excluding carboxylic acids is 2. The van der Waals surface area contributed by atoms with Crippen molar-refractivity contribution in [3.63, 3.8) is 0 Å². The van der Waals surface area contributed by atoms with Gasteiger partial charge < -0.3 is 5.32 Å². The molecule has 0 radical (unpaired) electrons. The number of hydrogen-bond donors (Lipinski definition) is 1. The number of hydrogen-bond acceptors (Lipinski definition) is 4. The number of aryl methyl sites for hydroxylation is 1. The van der Waals surface area contributed by atoms with Crippen LogP contribution in [0.15, 0.2) is 58.5 Å². The minimum Gasteiger partial charge on any atom is -0.344 e. The summed E-state index contributed by atoms with van der Waals surface area (Å²) in [5, 5.41) is 8.86. The Morgan fingerprint density at radius 2 is 2.04 bits per heavy atom. The Balaban J connectivity index is 1.55. The second kappa shape index (κ2) is 7.56. The third kappa shape index (κ3) is 3.76. The van der Waals surface area contributed by atoms with Crippen molar-refractivity contribution >= 4 is 35.0 Å². The Bertz CT molecular complexity index is 925. The van der Waals surface area contributed by atoms with Crippen molar-refractivity contribution in [1.29, 1.82) is 0 Å². The Kier molecular flexibility index (Phi) is 4.99. The summed E-state index contributed by atoms with van der Waals surface area (Å²) in [6, 6.07) is 15.8. The highest BCUT2D eigenvalue weighted by molar-refractivity contribution is 7.99. The van der Waals surface area contributed by atoms with E-state index in [2.05, 4.69) is 22.6 Å². The molecular weight excluding hydrogens is 358 g/mol. The quantitative estimate of drug-likeness (QED) is 0.882. The van der Waals surface area contributed by atoms with Crippen LogP contribution >= 0.6 is 11.8 Å². The molecule has 0 aromatic heterocycles. The highest BCUT2D eigenvalue weighted by Gasteiger charge is 2.28. The van der Waals surface area contributed by atoms with Crippen molar-refractivity contribution in [3.8, 4) is 0 Å². The van der Waals surface area contributed by atoms with Gasteiger partial charge in [-0.1, -0.05) is 30.3 Å². The van der Waals surface area contributed by atoms with E-state index in [1.54, 1.807) is 0 Å². The molecule has 5 nitrogen and oxygen atoms in total. The maximum Gasteiger partial charge on any atom is 0.267 e. The molecule has 0 spiro atoms. The van der Waals surface area contributed by atoms with Crippen LogP contribution in [0, 0.1) is 6.92 Å². The number of nitrogens with one attached hydrogen (secondary N) is 1. The summed E-state index contributed by atoms with van der Waals surface area (Å²) in [5.74, 6) is 0.700. The predicted octanol–water partition coefficient (Wildman–Crippen LogP) is 3.83. The zero-order valence-corrected chi connectivity index (χ0v) is 16.0. The molecule has 2 aromatic carbocycles. The lowest BCUT2D eigenvalue weighted by molar-refractivity contribution is -0.119. The van der Waals surface area contributed by atoms with E-state index in [0.29, 0.717) is 17.8 Å². The Labute approximate surface area is 162 Å². The van der Waals surface area contributed by atoms with E-state index >= 15 is 0 Å².